The molecule has 198 valence electrons. The zero-order chi connectivity index (χ0) is 27.1. The average Bonchev–Trinajstić information content (AvgIpc) is 3.35. The molecular formula is C29H25BrClN5O3. The van der Waals surface area contributed by atoms with Crippen LogP contribution in [0.1, 0.15) is 37.7 Å². The molecule has 1 saturated carbocycles. The van der Waals surface area contributed by atoms with Gasteiger partial charge >= 0.3 is 5.97 Å². The number of nitrogens with one attached hydrogen (secondary N) is 1. The summed E-state index contributed by atoms with van der Waals surface area (Å²) >= 11 is 9.39. The van der Waals surface area contributed by atoms with Crippen LogP contribution in [0, 0.1) is 5.41 Å². The molecule has 2 N–H and O–H groups in total. The van der Waals surface area contributed by atoms with Crippen LogP contribution < -0.4 is 5.32 Å². The first kappa shape index (κ1) is 25.7. The number of halogens is 2. The van der Waals surface area contributed by atoms with Crippen LogP contribution in [0.15, 0.2) is 71.1 Å². The lowest BCUT2D eigenvalue weighted by Crippen LogP contribution is -2.53. The van der Waals surface area contributed by atoms with Gasteiger partial charge in [0.05, 0.1) is 9.90 Å². The van der Waals surface area contributed by atoms with Crippen molar-refractivity contribution in [3.05, 3.63) is 81.8 Å². The number of imidazole rings is 1. The Hall–Kier alpha value is -3.56. The van der Waals surface area contributed by atoms with Gasteiger partial charge in [-0.05, 0) is 70.7 Å². The molecule has 2 aliphatic carbocycles. The summed E-state index contributed by atoms with van der Waals surface area (Å²) < 4.78 is 2.43. The van der Waals surface area contributed by atoms with Gasteiger partial charge in [-0.1, -0.05) is 43.0 Å². The van der Waals surface area contributed by atoms with E-state index in [9.17, 15) is 14.7 Å². The quantitative estimate of drug-likeness (QED) is 0.254. The second-order valence-electron chi connectivity index (χ2n) is 10.1. The molecule has 1 atom stereocenters. The molecular weight excluding hydrogens is 582 g/mol. The van der Waals surface area contributed by atoms with E-state index in [0.29, 0.717) is 21.1 Å². The zero-order valence-corrected chi connectivity index (χ0v) is 23.2. The molecule has 1 spiro atoms. The SMILES string of the molecule is O=C(O)[C@H](Cc1ccc(-n2c(-c3ccc(Cl)nc3)nc3cccnc32)cc1)NC1=C(Br)C(=O)C12CCCCC2. The van der Waals surface area contributed by atoms with Gasteiger partial charge in [-0.25, -0.2) is 19.7 Å². The first-order chi connectivity index (χ1) is 18.9. The van der Waals surface area contributed by atoms with Gasteiger partial charge in [0, 0.05) is 35.8 Å². The van der Waals surface area contributed by atoms with Gasteiger partial charge in [0.25, 0.3) is 0 Å². The van der Waals surface area contributed by atoms with Crippen LogP contribution >= 0.6 is 27.5 Å². The topological polar surface area (TPSA) is 110 Å². The van der Waals surface area contributed by atoms with Gasteiger partial charge in [0.2, 0.25) is 0 Å². The summed E-state index contributed by atoms with van der Waals surface area (Å²) in [5, 5.41) is 13.6. The minimum atomic E-state index is -0.959. The van der Waals surface area contributed by atoms with Crippen molar-refractivity contribution in [1.82, 2.24) is 24.8 Å². The van der Waals surface area contributed by atoms with Crippen LogP contribution in [0.25, 0.3) is 28.2 Å². The number of Topliss-reactive ketones (excluding diaryl/α,β-unsaturated/α-hetero) is 1. The lowest BCUT2D eigenvalue weighted by Gasteiger charge is -2.46. The molecule has 0 unspecified atom stereocenters. The van der Waals surface area contributed by atoms with Gasteiger partial charge in [-0.2, -0.15) is 0 Å². The number of aliphatic carboxylic acids is 1. The van der Waals surface area contributed by atoms with Gasteiger partial charge in [-0.15, -0.1) is 0 Å². The number of hydrogen-bond donors (Lipinski definition) is 2. The summed E-state index contributed by atoms with van der Waals surface area (Å²) in [7, 11) is 0. The highest BCUT2D eigenvalue weighted by Gasteiger charge is 2.53. The lowest BCUT2D eigenvalue weighted by molar-refractivity contribution is -0.140. The Labute approximate surface area is 238 Å². The summed E-state index contributed by atoms with van der Waals surface area (Å²) in [5.41, 5.74) is 4.11. The largest absolute Gasteiger partial charge is 0.480 e. The van der Waals surface area contributed by atoms with E-state index in [1.54, 1.807) is 18.5 Å². The van der Waals surface area contributed by atoms with E-state index in [2.05, 4.69) is 31.2 Å². The second-order valence-corrected chi connectivity index (χ2v) is 11.2. The maximum Gasteiger partial charge on any atom is 0.326 e. The number of carbonyl (C=O) groups is 2. The molecule has 3 aromatic heterocycles. The number of hydrogen-bond acceptors (Lipinski definition) is 6. The van der Waals surface area contributed by atoms with Gasteiger partial charge in [0.15, 0.2) is 11.4 Å². The van der Waals surface area contributed by atoms with E-state index in [1.807, 2.05) is 47.0 Å². The third kappa shape index (κ3) is 4.53. The Morgan fingerprint density at radius 1 is 1.10 bits per heavy atom. The van der Waals surface area contributed by atoms with Crippen molar-refractivity contribution in [2.75, 3.05) is 0 Å². The molecule has 3 heterocycles. The van der Waals surface area contributed by atoms with Crippen molar-refractivity contribution in [3.63, 3.8) is 0 Å². The van der Waals surface area contributed by atoms with E-state index in [4.69, 9.17) is 16.6 Å². The summed E-state index contributed by atoms with van der Waals surface area (Å²) in [5.74, 6) is -0.194. The van der Waals surface area contributed by atoms with Gasteiger partial charge < -0.3 is 10.4 Å². The number of carbonyl (C=O) groups excluding carboxylic acids is 1. The fourth-order valence-electron chi connectivity index (χ4n) is 5.67. The second kappa shape index (κ2) is 10.2. The van der Waals surface area contributed by atoms with E-state index < -0.39 is 17.4 Å². The van der Waals surface area contributed by atoms with Crippen molar-refractivity contribution in [3.8, 4) is 17.1 Å². The smallest absolute Gasteiger partial charge is 0.326 e. The number of benzene rings is 1. The fourth-order valence-corrected chi connectivity index (χ4v) is 6.65. The van der Waals surface area contributed by atoms with Crippen molar-refractivity contribution >= 4 is 50.4 Å². The Morgan fingerprint density at radius 3 is 2.56 bits per heavy atom. The molecule has 8 nitrogen and oxygen atoms in total. The molecule has 10 heteroatoms. The third-order valence-electron chi connectivity index (χ3n) is 7.69. The molecule has 39 heavy (non-hydrogen) atoms. The molecule has 0 bridgehead atoms. The highest BCUT2D eigenvalue weighted by molar-refractivity contribution is 9.12. The Bertz CT molecular complexity index is 1610. The molecule has 4 aromatic rings. The first-order valence-corrected chi connectivity index (χ1v) is 14.0. The highest BCUT2D eigenvalue weighted by Crippen LogP contribution is 2.53. The maximum atomic E-state index is 12.7. The number of ketones is 1. The Morgan fingerprint density at radius 2 is 1.87 bits per heavy atom. The van der Waals surface area contributed by atoms with Crippen LogP contribution in [0.2, 0.25) is 5.15 Å². The number of nitrogens with zero attached hydrogens (tertiary/aromatic N) is 4. The minimum absolute atomic E-state index is 0.0889. The number of aromatic nitrogens is 4. The van der Waals surface area contributed by atoms with E-state index >= 15 is 0 Å². The van der Waals surface area contributed by atoms with E-state index in [1.165, 1.54) is 0 Å². The fraction of sp³-hybridized carbons (Fsp3) is 0.276. The summed E-state index contributed by atoms with van der Waals surface area (Å²) in [4.78, 5) is 38.5. The Kier molecular flexibility index (Phi) is 6.72. The molecule has 6 rings (SSSR count). The maximum absolute atomic E-state index is 12.7. The predicted molar refractivity (Wildman–Crippen MR) is 152 cm³/mol. The number of allylic oxidation sites excluding steroid dienone is 2. The predicted octanol–water partition coefficient (Wildman–Crippen LogP) is 5.86. The van der Waals surface area contributed by atoms with Crippen LogP contribution in [0.3, 0.4) is 0 Å². The zero-order valence-electron chi connectivity index (χ0n) is 20.9. The molecule has 0 aliphatic heterocycles. The Balaban J connectivity index is 1.28. The van der Waals surface area contributed by atoms with Crippen molar-refractivity contribution < 1.29 is 14.7 Å². The standard InChI is InChI=1S/C29H25BrClN5O3/c30-23-24(29(25(23)37)12-2-1-3-13-29)34-21(28(38)39)15-17-6-9-19(10-7-17)36-26(18-8-11-22(31)33-16-18)35-20-5-4-14-32-27(20)36/h4-11,14,16,21,34H,1-3,12-13,15H2,(H,38,39)/t21-/m0/s1. The summed E-state index contributed by atoms with van der Waals surface area (Å²) in [6.45, 7) is 0. The van der Waals surface area contributed by atoms with Crippen molar-refractivity contribution in [2.24, 2.45) is 5.41 Å². The minimum Gasteiger partial charge on any atom is -0.480 e. The third-order valence-corrected chi connectivity index (χ3v) is 8.67. The van der Waals surface area contributed by atoms with Crippen LogP contribution in [0.5, 0.6) is 0 Å². The number of pyridine rings is 2. The molecule has 0 amide bonds. The van der Waals surface area contributed by atoms with E-state index in [-0.39, 0.29) is 12.2 Å². The first-order valence-electron chi connectivity index (χ1n) is 12.9. The summed E-state index contributed by atoms with van der Waals surface area (Å²) in [6.07, 6.45) is 8.25. The lowest BCUT2D eigenvalue weighted by atomic mass is 9.62. The number of rotatable bonds is 7. The monoisotopic (exact) mass is 605 g/mol. The number of carboxylic acid groups (broad SMARTS) is 1. The molecule has 0 radical (unpaired) electrons. The van der Waals surface area contributed by atoms with Crippen LogP contribution in [-0.2, 0) is 16.0 Å². The van der Waals surface area contributed by atoms with Crippen molar-refractivity contribution in [1.29, 1.82) is 0 Å². The van der Waals surface area contributed by atoms with Crippen LogP contribution in [0.4, 0.5) is 0 Å². The van der Waals surface area contributed by atoms with Crippen molar-refractivity contribution in [2.45, 2.75) is 44.6 Å². The van der Waals surface area contributed by atoms with E-state index in [0.717, 1.165) is 60.1 Å². The normalized spacial score (nSPS) is 17.3. The van der Waals surface area contributed by atoms with Gasteiger partial charge in [0.1, 0.15) is 22.5 Å². The molecule has 1 aromatic carbocycles. The highest BCUT2D eigenvalue weighted by atomic mass is 79.9. The van der Waals surface area contributed by atoms with Crippen LogP contribution in [-0.4, -0.2) is 42.4 Å². The average molecular weight is 607 g/mol. The van der Waals surface area contributed by atoms with Gasteiger partial charge in [-0.3, -0.25) is 9.36 Å². The number of fused-ring (bicyclic) bond motifs is 1. The molecule has 0 saturated heterocycles. The molecule has 2 aliphatic rings. The molecule has 1 fully saturated rings. The number of carboxylic acids is 1. The summed E-state index contributed by atoms with van der Waals surface area (Å²) in [6, 6.07) is 14.2.